The Bertz CT molecular complexity index is 630. The molecule has 0 atom stereocenters. The SMILES string of the molecule is CC(C)(C)c1[nH]n(-c2ccc(O)cc2)c(=O)c1CN. The van der Waals surface area contributed by atoms with E-state index in [0.717, 1.165) is 5.69 Å². The summed E-state index contributed by atoms with van der Waals surface area (Å²) < 4.78 is 1.46. The lowest BCUT2D eigenvalue weighted by molar-refractivity contribution is 0.475. The van der Waals surface area contributed by atoms with Crippen molar-refractivity contribution in [1.29, 1.82) is 0 Å². The fourth-order valence-corrected chi connectivity index (χ4v) is 2.07. The lowest BCUT2D eigenvalue weighted by Gasteiger charge is -2.17. The largest absolute Gasteiger partial charge is 0.508 e. The Labute approximate surface area is 111 Å². The number of aromatic amines is 1. The van der Waals surface area contributed by atoms with E-state index in [-0.39, 0.29) is 23.3 Å². The van der Waals surface area contributed by atoms with Crippen molar-refractivity contribution in [1.82, 2.24) is 9.78 Å². The van der Waals surface area contributed by atoms with Crippen molar-refractivity contribution in [3.05, 3.63) is 45.9 Å². The lowest BCUT2D eigenvalue weighted by atomic mass is 9.89. The number of phenolic OH excluding ortho intramolecular Hbond substituents is 1. The van der Waals surface area contributed by atoms with Gasteiger partial charge in [0.2, 0.25) is 0 Å². The smallest absolute Gasteiger partial charge is 0.275 e. The maximum atomic E-state index is 12.3. The molecule has 0 aliphatic carbocycles. The molecule has 0 radical (unpaired) electrons. The number of hydrogen-bond donors (Lipinski definition) is 3. The Hall–Kier alpha value is -2.01. The van der Waals surface area contributed by atoms with Gasteiger partial charge in [-0.3, -0.25) is 9.89 Å². The van der Waals surface area contributed by atoms with Gasteiger partial charge in [-0.2, -0.15) is 0 Å². The second kappa shape index (κ2) is 4.59. The van der Waals surface area contributed by atoms with Crippen LogP contribution in [0.3, 0.4) is 0 Å². The third-order valence-electron chi connectivity index (χ3n) is 3.05. The minimum absolute atomic E-state index is 0.141. The standard InChI is InChI=1S/C14H19N3O2/c1-14(2,3)12-11(8-15)13(19)17(16-12)9-4-6-10(18)7-5-9/h4-7,16,18H,8,15H2,1-3H3. The highest BCUT2D eigenvalue weighted by Gasteiger charge is 2.23. The molecule has 0 saturated carbocycles. The molecule has 0 fully saturated rings. The van der Waals surface area contributed by atoms with Gasteiger partial charge in [-0.15, -0.1) is 0 Å². The summed E-state index contributed by atoms with van der Waals surface area (Å²) in [6, 6.07) is 6.45. The Morgan fingerprint density at radius 3 is 2.26 bits per heavy atom. The van der Waals surface area contributed by atoms with Crippen molar-refractivity contribution in [2.75, 3.05) is 0 Å². The summed E-state index contributed by atoms with van der Waals surface area (Å²) >= 11 is 0. The Morgan fingerprint density at radius 2 is 1.84 bits per heavy atom. The summed E-state index contributed by atoms with van der Waals surface area (Å²) in [5.74, 6) is 0.165. The van der Waals surface area contributed by atoms with Crippen molar-refractivity contribution in [3.63, 3.8) is 0 Å². The summed E-state index contributed by atoms with van der Waals surface area (Å²) in [6.45, 7) is 6.28. The van der Waals surface area contributed by atoms with Gasteiger partial charge in [-0.25, -0.2) is 4.68 Å². The maximum Gasteiger partial charge on any atom is 0.275 e. The van der Waals surface area contributed by atoms with E-state index in [1.165, 1.54) is 4.68 Å². The van der Waals surface area contributed by atoms with Crippen molar-refractivity contribution in [3.8, 4) is 11.4 Å². The zero-order chi connectivity index (χ0) is 14.2. The molecule has 1 aromatic heterocycles. The molecule has 0 aliphatic rings. The summed E-state index contributed by atoms with van der Waals surface area (Å²) in [5, 5.41) is 12.4. The lowest BCUT2D eigenvalue weighted by Crippen LogP contribution is -2.20. The molecule has 102 valence electrons. The molecule has 0 aliphatic heterocycles. The Kier molecular flexibility index (Phi) is 3.24. The van der Waals surface area contributed by atoms with E-state index in [1.807, 2.05) is 20.8 Å². The zero-order valence-electron chi connectivity index (χ0n) is 11.4. The Balaban J connectivity index is 2.63. The minimum atomic E-state index is -0.184. The first-order valence-electron chi connectivity index (χ1n) is 6.18. The zero-order valence-corrected chi connectivity index (χ0v) is 11.4. The highest BCUT2D eigenvalue weighted by molar-refractivity contribution is 5.38. The highest BCUT2D eigenvalue weighted by Crippen LogP contribution is 2.23. The van der Waals surface area contributed by atoms with E-state index in [2.05, 4.69) is 5.10 Å². The van der Waals surface area contributed by atoms with Crippen LogP contribution in [-0.2, 0) is 12.0 Å². The van der Waals surface area contributed by atoms with Gasteiger partial charge in [0.1, 0.15) is 5.75 Å². The van der Waals surface area contributed by atoms with E-state index >= 15 is 0 Å². The summed E-state index contributed by atoms with van der Waals surface area (Å²) in [6.07, 6.45) is 0. The van der Waals surface area contributed by atoms with Crippen LogP contribution >= 0.6 is 0 Å². The maximum absolute atomic E-state index is 12.3. The van der Waals surface area contributed by atoms with Gasteiger partial charge in [0.05, 0.1) is 11.3 Å². The molecule has 5 nitrogen and oxygen atoms in total. The second-order valence-corrected chi connectivity index (χ2v) is 5.58. The number of rotatable bonds is 2. The van der Waals surface area contributed by atoms with E-state index in [0.29, 0.717) is 11.3 Å². The quantitative estimate of drug-likeness (QED) is 0.768. The monoisotopic (exact) mass is 261 g/mol. The molecule has 0 saturated heterocycles. The predicted octanol–water partition coefficient (Wildman–Crippen LogP) is 1.63. The third kappa shape index (κ3) is 2.42. The normalized spacial score (nSPS) is 11.8. The van der Waals surface area contributed by atoms with Crippen LogP contribution < -0.4 is 11.3 Å². The highest BCUT2D eigenvalue weighted by atomic mass is 16.3. The fraction of sp³-hybridized carbons (Fsp3) is 0.357. The second-order valence-electron chi connectivity index (χ2n) is 5.58. The van der Waals surface area contributed by atoms with Gasteiger partial charge in [0, 0.05) is 17.7 Å². The van der Waals surface area contributed by atoms with E-state index in [4.69, 9.17) is 5.73 Å². The number of hydrogen-bond acceptors (Lipinski definition) is 3. The van der Waals surface area contributed by atoms with Gasteiger partial charge in [-0.05, 0) is 24.3 Å². The van der Waals surface area contributed by atoms with Crippen molar-refractivity contribution in [2.45, 2.75) is 32.7 Å². The third-order valence-corrected chi connectivity index (χ3v) is 3.05. The average Bonchev–Trinajstić information content (AvgIpc) is 2.67. The first kappa shape index (κ1) is 13.4. The molecule has 0 spiro atoms. The van der Waals surface area contributed by atoms with Crippen LogP contribution in [0.2, 0.25) is 0 Å². The Morgan fingerprint density at radius 1 is 1.26 bits per heavy atom. The van der Waals surface area contributed by atoms with Crippen molar-refractivity contribution >= 4 is 0 Å². The topological polar surface area (TPSA) is 84.0 Å². The van der Waals surface area contributed by atoms with Crippen LogP contribution in [0.15, 0.2) is 29.1 Å². The molecular formula is C14H19N3O2. The number of aromatic nitrogens is 2. The number of nitrogens with one attached hydrogen (secondary N) is 1. The van der Waals surface area contributed by atoms with Crippen molar-refractivity contribution < 1.29 is 5.11 Å². The first-order chi connectivity index (χ1) is 8.84. The minimum Gasteiger partial charge on any atom is -0.508 e. The average molecular weight is 261 g/mol. The van der Waals surface area contributed by atoms with Crippen LogP contribution in [0.1, 0.15) is 32.0 Å². The fourth-order valence-electron chi connectivity index (χ4n) is 2.07. The molecule has 1 heterocycles. The first-order valence-corrected chi connectivity index (χ1v) is 6.18. The number of phenols is 1. The van der Waals surface area contributed by atoms with Crippen LogP contribution in [0, 0.1) is 0 Å². The molecule has 0 unspecified atom stereocenters. The van der Waals surface area contributed by atoms with Crippen molar-refractivity contribution in [2.24, 2.45) is 5.73 Å². The molecule has 2 aromatic rings. The van der Waals surface area contributed by atoms with Crippen LogP contribution in [0.4, 0.5) is 0 Å². The van der Waals surface area contributed by atoms with E-state index in [1.54, 1.807) is 24.3 Å². The number of H-pyrrole nitrogens is 1. The predicted molar refractivity (Wildman–Crippen MR) is 74.6 cm³/mol. The molecule has 5 heteroatoms. The summed E-state index contributed by atoms with van der Waals surface area (Å²) in [5.41, 5.74) is 7.48. The molecule has 0 bridgehead atoms. The molecule has 4 N–H and O–H groups in total. The van der Waals surface area contributed by atoms with Gasteiger partial charge in [0.25, 0.3) is 5.56 Å². The molecule has 0 amide bonds. The van der Waals surface area contributed by atoms with Gasteiger partial charge in [-0.1, -0.05) is 20.8 Å². The van der Waals surface area contributed by atoms with Crippen LogP contribution in [-0.4, -0.2) is 14.9 Å². The van der Waals surface area contributed by atoms with Gasteiger partial charge < -0.3 is 10.8 Å². The number of aromatic hydroxyl groups is 1. The summed E-state index contributed by atoms with van der Waals surface area (Å²) in [7, 11) is 0. The molecular weight excluding hydrogens is 242 g/mol. The van der Waals surface area contributed by atoms with Crippen LogP contribution in [0.25, 0.3) is 5.69 Å². The molecule has 1 aromatic carbocycles. The van der Waals surface area contributed by atoms with Crippen LogP contribution in [0.5, 0.6) is 5.75 Å². The van der Waals surface area contributed by atoms with E-state index in [9.17, 15) is 9.90 Å². The van der Waals surface area contributed by atoms with E-state index < -0.39 is 0 Å². The van der Waals surface area contributed by atoms with Gasteiger partial charge >= 0.3 is 0 Å². The summed E-state index contributed by atoms with van der Waals surface area (Å²) in [4.78, 5) is 12.3. The number of benzene rings is 1. The van der Waals surface area contributed by atoms with Gasteiger partial charge in [0.15, 0.2) is 0 Å². The molecule has 2 rings (SSSR count). The molecule has 19 heavy (non-hydrogen) atoms. The number of nitrogens with two attached hydrogens (primary N) is 1. The number of nitrogens with zero attached hydrogens (tertiary/aromatic N) is 1.